The van der Waals surface area contributed by atoms with E-state index in [1.807, 2.05) is 0 Å². The number of carboxylic acids is 1. The second kappa shape index (κ2) is 3.67. The van der Waals surface area contributed by atoms with Gasteiger partial charge in [0, 0.05) is 0 Å². The lowest BCUT2D eigenvalue weighted by Gasteiger charge is -2.38. The molecule has 1 unspecified atom stereocenters. The molecule has 0 aromatic carbocycles. The first-order chi connectivity index (χ1) is 8.65. The quantitative estimate of drug-likeness (QED) is 0.744. The highest BCUT2D eigenvalue weighted by atomic mass is 16.9. The van der Waals surface area contributed by atoms with Crippen LogP contribution in [0.1, 0.15) is 27.7 Å². The van der Waals surface area contributed by atoms with E-state index >= 15 is 0 Å². The first kappa shape index (κ1) is 13.3. The Morgan fingerprint density at radius 3 is 2.42 bits per heavy atom. The van der Waals surface area contributed by atoms with Crippen molar-refractivity contribution in [1.82, 2.24) is 0 Å². The number of carboxylic acid groups (broad SMARTS) is 1. The van der Waals surface area contributed by atoms with E-state index < -0.39 is 41.6 Å². The molecule has 0 aliphatic carbocycles. The van der Waals surface area contributed by atoms with Gasteiger partial charge in [0.15, 0.2) is 17.7 Å². The highest BCUT2D eigenvalue weighted by molar-refractivity contribution is 5.77. The molecule has 3 rings (SSSR count). The molecular weight excluding hydrogens is 256 g/mol. The fraction of sp³-hybridized carbons (Fsp3) is 0.917. The number of fused-ring (bicyclic) bond motifs is 3. The van der Waals surface area contributed by atoms with Crippen LogP contribution in [0.25, 0.3) is 0 Å². The Bertz CT molecular complexity index is 418. The van der Waals surface area contributed by atoms with E-state index in [1.54, 1.807) is 27.7 Å². The molecular formula is C12H18O7. The summed E-state index contributed by atoms with van der Waals surface area (Å²) in [6, 6.07) is 0. The smallest absolute Gasteiger partial charge is 0.367 e. The lowest BCUT2D eigenvalue weighted by Crippen LogP contribution is -2.52. The molecule has 0 amide bonds. The van der Waals surface area contributed by atoms with Gasteiger partial charge in [-0.2, -0.15) is 0 Å². The molecule has 0 spiro atoms. The van der Waals surface area contributed by atoms with Crippen LogP contribution in [0, 0.1) is 0 Å². The van der Waals surface area contributed by atoms with Crippen LogP contribution in [-0.4, -0.2) is 53.4 Å². The van der Waals surface area contributed by atoms with Crippen LogP contribution in [0.5, 0.6) is 0 Å². The molecule has 1 N–H and O–H groups in total. The lowest BCUT2D eigenvalue weighted by molar-refractivity contribution is -0.325. The number of hydrogen-bond donors (Lipinski definition) is 1. The van der Waals surface area contributed by atoms with Crippen molar-refractivity contribution >= 4 is 5.97 Å². The molecule has 19 heavy (non-hydrogen) atoms. The Hall–Kier alpha value is -0.730. The van der Waals surface area contributed by atoms with E-state index in [9.17, 15) is 9.90 Å². The molecule has 7 heteroatoms. The minimum atomic E-state index is -1.82. The summed E-state index contributed by atoms with van der Waals surface area (Å²) < 4.78 is 28.0. The average molecular weight is 274 g/mol. The van der Waals surface area contributed by atoms with Gasteiger partial charge in [0.2, 0.25) is 0 Å². The number of ether oxygens (including phenoxy) is 5. The van der Waals surface area contributed by atoms with Crippen molar-refractivity contribution in [3.05, 3.63) is 0 Å². The van der Waals surface area contributed by atoms with Gasteiger partial charge in [0.05, 0.1) is 6.61 Å². The van der Waals surface area contributed by atoms with Gasteiger partial charge in [-0.1, -0.05) is 0 Å². The zero-order valence-corrected chi connectivity index (χ0v) is 11.3. The maximum Gasteiger partial charge on any atom is 0.367 e. The standard InChI is InChI=1S/C12H18O7/c1-10(2)15-5-6-7(17-10)8-12(16-6,9(13)14)19-11(3,4)18-8/h6-8H,5H2,1-4H3,(H,13,14)/t6?,7-,8+,12-/m1/s1. The fourth-order valence-corrected chi connectivity index (χ4v) is 2.82. The molecule has 3 aliphatic rings. The number of carbonyl (C=O) groups is 1. The third-order valence-corrected chi connectivity index (χ3v) is 3.49. The third-order valence-electron chi connectivity index (χ3n) is 3.49. The third kappa shape index (κ3) is 1.88. The fourth-order valence-electron chi connectivity index (χ4n) is 2.82. The molecule has 0 saturated carbocycles. The highest BCUT2D eigenvalue weighted by Gasteiger charge is 2.71. The summed E-state index contributed by atoms with van der Waals surface area (Å²) >= 11 is 0. The second-order valence-corrected chi connectivity index (χ2v) is 5.96. The van der Waals surface area contributed by atoms with Crippen molar-refractivity contribution in [1.29, 1.82) is 0 Å². The van der Waals surface area contributed by atoms with Crippen molar-refractivity contribution in [2.24, 2.45) is 0 Å². The maximum absolute atomic E-state index is 11.6. The summed E-state index contributed by atoms with van der Waals surface area (Å²) in [5.74, 6) is -4.85. The molecule has 7 nitrogen and oxygen atoms in total. The SMILES string of the molecule is CC1(C)OCC2O[C@@]3(C(=O)O)OC(C)(C)O[C@H]3[C@@H]2O1. The predicted molar refractivity (Wildman–Crippen MR) is 60.2 cm³/mol. The molecule has 0 bridgehead atoms. The number of aliphatic carboxylic acids is 1. The van der Waals surface area contributed by atoms with E-state index in [4.69, 9.17) is 23.7 Å². The van der Waals surface area contributed by atoms with Crippen LogP contribution >= 0.6 is 0 Å². The summed E-state index contributed by atoms with van der Waals surface area (Å²) in [6.45, 7) is 7.09. The molecule has 3 aliphatic heterocycles. The Balaban J connectivity index is 1.94. The molecule has 3 saturated heterocycles. The van der Waals surface area contributed by atoms with Crippen LogP contribution < -0.4 is 0 Å². The van der Waals surface area contributed by atoms with E-state index in [2.05, 4.69) is 0 Å². The van der Waals surface area contributed by atoms with Crippen LogP contribution in [0.2, 0.25) is 0 Å². The van der Waals surface area contributed by atoms with Crippen molar-refractivity contribution in [3.8, 4) is 0 Å². The molecule has 3 heterocycles. The summed E-state index contributed by atoms with van der Waals surface area (Å²) in [5.41, 5.74) is 0. The molecule has 108 valence electrons. The summed E-state index contributed by atoms with van der Waals surface area (Å²) in [4.78, 5) is 11.6. The lowest BCUT2D eigenvalue weighted by atomic mass is 10.0. The topological polar surface area (TPSA) is 83.5 Å². The zero-order valence-electron chi connectivity index (χ0n) is 11.3. The van der Waals surface area contributed by atoms with Gasteiger partial charge in [-0.15, -0.1) is 0 Å². The summed E-state index contributed by atoms with van der Waals surface area (Å²) in [7, 11) is 0. The number of rotatable bonds is 1. The predicted octanol–water partition coefficient (Wildman–Crippen LogP) is 0.469. The number of hydrogen-bond acceptors (Lipinski definition) is 6. The molecule has 4 atom stereocenters. The molecule has 3 fully saturated rings. The second-order valence-electron chi connectivity index (χ2n) is 5.96. The summed E-state index contributed by atoms with van der Waals surface area (Å²) in [5, 5.41) is 9.46. The normalized spacial score (nSPS) is 46.6. The largest absolute Gasteiger partial charge is 0.477 e. The van der Waals surface area contributed by atoms with Crippen LogP contribution in [0.15, 0.2) is 0 Å². The van der Waals surface area contributed by atoms with E-state index in [0.717, 1.165) is 0 Å². The first-order valence-electron chi connectivity index (χ1n) is 6.26. The van der Waals surface area contributed by atoms with Gasteiger partial charge in [-0.3, -0.25) is 0 Å². The Kier molecular flexibility index (Phi) is 2.57. The van der Waals surface area contributed by atoms with Crippen molar-refractivity contribution in [2.75, 3.05) is 6.61 Å². The van der Waals surface area contributed by atoms with Crippen LogP contribution in [-0.2, 0) is 28.5 Å². The van der Waals surface area contributed by atoms with Gasteiger partial charge in [0.1, 0.15) is 12.2 Å². The first-order valence-corrected chi connectivity index (χ1v) is 6.26. The van der Waals surface area contributed by atoms with E-state index in [1.165, 1.54) is 0 Å². The van der Waals surface area contributed by atoms with Crippen LogP contribution in [0.4, 0.5) is 0 Å². The Morgan fingerprint density at radius 1 is 1.11 bits per heavy atom. The van der Waals surface area contributed by atoms with Gasteiger partial charge in [0.25, 0.3) is 0 Å². The molecule has 0 radical (unpaired) electrons. The van der Waals surface area contributed by atoms with E-state index in [0.29, 0.717) is 0 Å². The van der Waals surface area contributed by atoms with Gasteiger partial charge in [-0.05, 0) is 27.7 Å². The van der Waals surface area contributed by atoms with Gasteiger partial charge < -0.3 is 28.8 Å². The summed E-state index contributed by atoms with van der Waals surface area (Å²) in [6.07, 6.45) is -1.85. The van der Waals surface area contributed by atoms with Crippen molar-refractivity contribution in [2.45, 2.75) is 63.4 Å². The van der Waals surface area contributed by atoms with Gasteiger partial charge in [-0.25, -0.2) is 4.79 Å². The minimum Gasteiger partial charge on any atom is -0.477 e. The molecule has 0 aromatic heterocycles. The Labute approximate surface area is 110 Å². The maximum atomic E-state index is 11.6. The average Bonchev–Trinajstić information content (AvgIpc) is 2.67. The van der Waals surface area contributed by atoms with E-state index in [-0.39, 0.29) is 6.61 Å². The molecule has 0 aromatic rings. The Morgan fingerprint density at radius 2 is 1.79 bits per heavy atom. The highest BCUT2D eigenvalue weighted by Crippen LogP contribution is 2.48. The van der Waals surface area contributed by atoms with Crippen LogP contribution in [0.3, 0.4) is 0 Å². The van der Waals surface area contributed by atoms with Crippen molar-refractivity contribution < 1.29 is 33.6 Å². The van der Waals surface area contributed by atoms with Crippen molar-refractivity contribution in [3.63, 3.8) is 0 Å². The zero-order chi connectivity index (χ0) is 14.1. The minimum absolute atomic E-state index is 0.246. The van der Waals surface area contributed by atoms with Gasteiger partial charge >= 0.3 is 11.8 Å². The monoisotopic (exact) mass is 274 g/mol.